The Bertz CT molecular complexity index is 2610. The third-order valence-electron chi connectivity index (χ3n) is 11.7. The van der Waals surface area contributed by atoms with Gasteiger partial charge in [0.15, 0.2) is 5.12 Å². The Morgan fingerprint density at radius 2 is 1.20 bits per heavy atom. The van der Waals surface area contributed by atoms with Crippen LogP contribution in [0.25, 0.3) is 0 Å². The predicted molar refractivity (Wildman–Crippen MR) is 276 cm³/mol. The van der Waals surface area contributed by atoms with Crippen molar-refractivity contribution in [1.29, 1.82) is 0 Å². The summed E-state index contributed by atoms with van der Waals surface area (Å²) in [5, 5.41) is 32.5. The number of likely N-dealkylation sites (tertiary alicyclic amines) is 1. The fraction of sp³-hybridized carbons (Fsp3) is 0.490. The second kappa shape index (κ2) is 28.9. The number of nitrogens with zero attached hydrogens (tertiary/aromatic N) is 6. The van der Waals surface area contributed by atoms with Crippen LogP contribution in [-0.4, -0.2) is 128 Å². The van der Waals surface area contributed by atoms with E-state index in [-0.39, 0.29) is 63.2 Å². The molecule has 2 aliphatic rings. The maximum absolute atomic E-state index is 14.8. The molecule has 2 aliphatic heterocycles. The summed E-state index contributed by atoms with van der Waals surface area (Å²) in [6, 6.07) is 14.8. The minimum atomic E-state index is -4.06. The molecule has 2 heterocycles. The number of hydrogen-bond acceptors (Lipinski definition) is 20. The molecular weight excluding hydrogens is 1040 g/mol. The highest BCUT2D eigenvalue weighted by Gasteiger charge is 2.58. The summed E-state index contributed by atoms with van der Waals surface area (Å²) in [5.41, 5.74) is 0.363. The molecule has 0 saturated carbocycles. The highest BCUT2D eigenvalue weighted by Crippen LogP contribution is 2.56. The number of non-ortho nitro benzene ring substituents is 3. The minimum Gasteiger partial charge on any atom is -0.456 e. The molecule has 0 radical (unpaired) electrons. The van der Waals surface area contributed by atoms with Crippen LogP contribution in [0.15, 0.2) is 77.8 Å². The summed E-state index contributed by atoms with van der Waals surface area (Å²) in [7, 11) is -4.06. The first-order valence-corrected chi connectivity index (χ1v) is 26.7. The van der Waals surface area contributed by atoms with Gasteiger partial charge in [-0.1, -0.05) is 39.5 Å². The van der Waals surface area contributed by atoms with Crippen molar-refractivity contribution in [2.45, 2.75) is 111 Å². The molecule has 0 aliphatic carbocycles. The number of nitro benzene ring substituents is 3. The second-order valence-corrected chi connectivity index (χ2v) is 20.9. The van der Waals surface area contributed by atoms with Gasteiger partial charge in [0.25, 0.3) is 24.6 Å². The Hall–Kier alpha value is -6.83. The number of nitro groups is 3. The highest BCUT2D eigenvalue weighted by molar-refractivity contribution is 8.14. The van der Waals surface area contributed by atoms with Gasteiger partial charge in [-0.05, 0) is 86.2 Å². The van der Waals surface area contributed by atoms with E-state index in [4.69, 9.17) is 37.3 Å². The largest absolute Gasteiger partial charge is 0.508 e. The van der Waals surface area contributed by atoms with Crippen LogP contribution in [0, 0.1) is 36.3 Å². The minimum absolute atomic E-state index is 0.00876. The number of aliphatic imine (C=N–C) groups is 1. The second-order valence-electron chi connectivity index (χ2n) is 17.3. The number of morpholine rings is 1. The van der Waals surface area contributed by atoms with Crippen LogP contribution in [-0.2, 0) is 71.5 Å². The number of esters is 1. The van der Waals surface area contributed by atoms with Gasteiger partial charge in [0, 0.05) is 61.2 Å². The molecule has 0 bridgehead atoms. The zero-order valence-corrected chi connectivity index (χ0v) is 44.5. The van der Waals surface area contributed by atoms with Gasteiger partial charge in [-0.2, -0.15) is 4.99 Å². The first kappa shape index (κ1) is 60.0. The van der Waals surface area contributed by atoms with E-state index < -0.39 is 99.4 Å². The van der Waals surface area contributed by atoms with Crippen molar-refractivity contribution >= 4 is 76.9 Å². The van der Waals surface area contributed by atoms with Gasteiger partial charge in [-0.25, -0.2) is 14.4 Å². The maximum Gasteiger partial charge on any atom is 0.508 e. The zero-order chi connectivity index (χ0) is 55.5. The molecule has 2 amide bonds. The standard InChI is InChI=1S/C49H61N6O19PS/c1-7-23-71-75(72-24-8-2,73-25-9-3)46(47(58)68-29-35-10-16-38(17-11-35)53(61)62)52-41(44(45(52)57)32(4)74-49(60)70-31-37-14-20-40(21-15-37)55(65)66)27-43(56)76-33(5)42-28-51(22-26-67-42)34(6)50-48(59)69-30-36-12-18-39(19-13-36)54(63)64/h10-21,32-33,41-42,44H,7-9,22-31H2,1-6H3. The molecule has 0 aromatic heterocycles. The third kappa shape index (κ3) is 16.6. The SMILES string of the molecule is CCCOP(OCCC)(OCCC)=C(C(=O)OCc1ccc([N+](=O)[O-])cc1)N1C(=O)C(C(C)OC(=O)OCc2ccc([N+](=O)[O-])cc2)C1CC(=O)SC(C)C1CN(C(C)=NC(=O)OCc2ccc([N+](=O)[O-])cc2)CCO1. The Morgan fingerprint density at radius 3 is 1.66 bits per heavy atom. The zero-order valence-electron chi connectivity index (χ0n) is 42.8. The summed E-state index contributed by atoms with van der Waals surface area (Å²) in [6.45, 7) is 10.1. The van der Waals surface area contributed by atoms with Crippen molar-refractivity contribution in [3.63, 3.8) is 0 Å². The molecule has 0 spiro atoms. The Kier molecular flexibility index (Phi) is 22.8. The Balaban J connectivity index is 1.42. The smallest absolute Gasteiger partial charge is 0.456 e. The molecule has 27 heteroatoms. The molecule has 2 fully saturated rings. The monoisotopic (exact) mass is 1100 g/mol. The topological polar surface area (TPSA) is 307 Å². The van der Waals surface area contributed by atoms with Crippen molar-refractivity contribution in [3.05, 3.63) is 120 Å². The van der Waals surface area contributed by atoms with Crippen LogP contribution in [0.5, 0.6) is 0 Å². The van der Waals surface area contributed by atoms with Crippen molar-refractivity contribution in [1.82, 2.24) is 9.80 Å². The van der Waals surface area contributed by atoms with Crippen molar-refractivity contribution in [3.8, 4) is 0 Å². The number of β-lactam (4-membered cyclic amide) rings is 1. The molecule has 5 rings (SSSR count). The number of hydrogen-bond donors (Lipinski definition) is 0. The Morgan fingerprint density at radius 1 is 0.737 bits per heavy atom. The fourth-order valence-corrected chi connectivity index (χ4v) is 11.4. The summed E-state index contributed by atoms with van der Waals surface area (Å²) >= 11 is 0.904. The lowest BCUT2D eigenvalue weighted by Crippen LogP contribution is -2.68. The average molecular weight is 1100 g/mol. The van der Waals surface area contributed by atoms with E-state index in [2.05, 4.69) is 4.99 Å². The number of amides is 2. The average Bonchev–Trinajstić information content (AvgIpc) is 3.40. The first-order valence-electron chi connectivity index (χ1n) is 24.3. The van der Waals surface area contributed by atoms with Crippen LogP contribution in [0.3, 0.4) is 0 Å². The van der Waals surface area contributed by atoms with Gasteiger partial charge >= 0.3 is 18.2 Å². The lowest BCUT2D eigenvalue weighted by atomic mass is 9.81. The summed E-state index contributed by atoms with van der Waals surface area (Å²) in [6.07, 6.45) is -3.09. The Labute approximate surface area is 442 Å². The molecule has 2 saturated heterocycles. The van der Waals surface area contributed by atoms with Gasteiger partial charge in [-0.15, -0.1) is 0 Å². The number of thioether (sulfide) groups is 1. The normalized spacial score (nSPS) is 17.4. The highest BCUT2D eigenvalue weighted by atomic mass is 32.2. The quantitative estimate of drug-likeness (QED) is 0.0106. The molecule has 3 aromatic rings. The molecule has 412 valence electrons. The lowest BCUT2D eigenvalue weighted by Gasteiger charge is -2.49. The maximum atomic E-state index is 14.8. The number of carbonyl (C=O) groups excluding carboxylic acids is 5. The van der Waals surface area contributed by atoms with E-state index in [1.165, 1.54) is 79.7 Å². The van der Waals surface area contributed by atoms with E-state index >= 15 is 0 Å². The molecule has 0 N–H and O–H groups in total. The third-order valence-corrected chi connectivity index (χ3v) is 15.3. The van der Waals surface area contributed by atoms with E-state index in [9.17, 15) is 54.3 Å². The van der Waals surface area contributed by atoms with Gasteiger partial charge in [0.05, 0.1) is 59.3 Å². The number of ether oxygens (including phenoxy) is 5. The molecule has 76 heavy (non-hydrogen) atoms. The van der Waals surface area contributed by atoms with E-state index in [1.807, 2.05) is 20.8 Å². The molecule has 5 unspecified atom stereocenters. The van der Waals surface area contributed by atoms with Crippen LogP contribution < -0.4 is 0 Å². The number of rotatable bonds is 26. The summed E-state index contributed by atoms with van der Waals surface area (Å²) in [4.78, 5) is 109. The molecule has 25 nitrogen and oxygen atoms in total. The van der Waals surface area contributed by atoms with Crippen molar-refractivity contribution in [2.75, 3.05) is 39.5 Å². The van der Waals surface area contributed by atoms with Gasteiger partial charge in [-0.3, -0.25) is 44.8 Å². The van der Waals surface area contributed by atoms with Crippen LogP contribution >= 0.6 is 19.3 Å². The van der Waals surface area contributed by atoms with Crippen LogP contribution in [0.2, 0.25) is 0 Å². The van der Waals surface area contributed by atoms with Gasteiger partial charge in [0.2, 0.25) is 11.3 Å². The van der Waals surface area contributed by atoms with E-state index in [1.54, 1.807) is 18.7 Å². The first-order chi connectivity index (χ1) is 36.3. The van der Waals surface area contributed by atoms with Crippen LogP contribution in [0.4, 0.5) is 26.7 Å². The van der Waals surface area contributed by atoms with Crippen molar-refractivity contribution in [2.24, 2.45) is 10.9 Å². The number of amidine groups is 1. The molecule has 5 atom stereocenters. The van der Waals surface area contributed by atoms with Gasteiger partial charge < -0.3 is 42.2 Å². The molecular formula is C49H61N6O19PS. The van der Waals surface area contributed by atoms with Crippen molar-refractivity contribution < 1.29 is 76.0 Å². The number of benzene rings is 3. The predicted octanol–water partition coefficient (Wildman–Crippen LogP) is 8.69. The number of carbonyl (C=O) groups is 5. The summed E-state index contributed by atoms with van der Waals surface area (Å²) in [5.74, 6) is -2.83. The van der Waals surface area contributed by atoms with Crippen LogP contribution in [0.1, 0.15) is 83.9 Å². The lowest BCUT2D eigenvalue weighted by molar-refractivity contribution is -0.385. The summed E-state index contributed by atoms with van der Waals surface area (Å²) < 4.78 is 47.2. The van der Waals surface area contributed by atoms with E-state index in [0.29, 0.717) is 48.3 Å². The van der Waals surface area contributed by atoms with Gasteiger partial charge in [0.1, 0.15) is 31.8 Å². The van der Waals surface area contributed by atoms with E-state index in [0.717, 1.165) is 16.7 Å². The molecule has 3 aromatic carbocycles. The fourth-order valence-electron chi connectivity index (χ4n) is 7.72.